The number of methoxy groups -OCH3 is 1. The van der Waals surface area contributed by atoms with Crippen LogP contribution in [0.25, 0.3) is 0 Å². The Bertz CT molecular complexity index is 366. The van der Waals surface area contributed by atoms with Crippen molar-refractivity contribution < 1.29 is 9.53 Å². The molecule has 4 heteroatoms. The van der Waals surface area contributed by atoms with Gasteiger partial charge in [0.1, 0.15) is 5.75 Å². The number of likely N-dealkylation sites (N-methyl/N-ethyl adjacent to an activating group) is 1. The van der Waals surface area contributed by atoms with Gasteiger partial charge in [0.25, 0.3) is 0 Å². The van der Waals surface area contributed by atoms with Gasteiger partial charge >= 0.3 is 0 Å². The largest absolute Gasteiger partial charge is 0.495 e. The van der Waals surface area contributed by atoms with Gasteiger partial charge in [-0.2, -0.15) is 0 Å². The highest BCUT2D eigenvalue weighted by Gasteiger charge is 2.14. The van der Waals surface area contributed by atoms with Crippen LogP contribution in [0.3, 0.4) is 0 Å². The first-order valence-electron chi connectivity index (χ1n) is 4.65. The summed E-state index contributed by atoms with van der Waals surface area (Å²) in [7, 11) is 3.28. The lowest BCUT2D eigenvalue weighted by molar-refractivity contribution is 0.0955. The van der Waals surface area contributed by atoms with Gasteiger partial charge in [0, 0.05) is 5.56 Å². The molecule has 0 heterocycles. The Kier molecular flexibility index (Phi) is 4.12. The Morgan fingerprint density at radius 3 is 2.67 bits per heavy atom. The van der Waals surface area contributed by atoms with E-state index in [4.69, 9.17) is 16.3 Å². The third kappa shape index (κ3) is 2.70. The lowest BCUT2D eigenvalue weighted by Crippen LogP contribution is -2.30. The minimum Gasteiger partial charge on any atom is -0.495 e. The van der Waals surface area contributed by atoms with Crippen molar-refractivity contribution in [1.82, 2.24) is 5.32 Å². The maximum Gasteiger partial charge on any atom is 0.179 e. The topological polar surface area (TPSA) is 38.3 Å². The summed E-state index contributed by atoms with van der Waals surface area (Å²) in [5, 5.41) is 3.34. The number of benzene rings is 1. The fraction of sp³-hybridized carbons (Fsp3) is 0.364. The van der Waals surface area contributed by atoms with Crippen molar-refractivity contribution in [2.75, 3.05) is 14.2 Å². The summed E-state index contributed by atoms with van der Waals surface area (Å²) < 4.78 is 5.01. The first-order chi connectivity index (χ1) is 7.10. The average Bonchev–Trinajstić information content (AvgIpc) is 2.26. The summed E-state index contributed by atoms with van der Waals surface area (Å²) in [6.45, 7) is 1.81. The second-order valence-corrected chi connectivity index (χ2v) is 3.63. The van der Waals surface area contributed by atoms with E-state index in [-0.39, 0.29) is 11.8 Å². The minimum atomic E-state index is -0.213. The predicted molar refractivity (Wildman–Crippen MR) is 60.9 cm³/mol. The highest BCUT2D eigenvalue weighted by Crippen LogP contribution is 2.25. The Hall–Kier alpha value is -1.06. The molecule has 82 valence electrons. The van der Waals surface area contributed by atoms with Crippen LogP contribution in [0, 0.1) is 0 Å². The Morgan fingerprint density at radius 1 is 1.53 bits per heavy atom. The summed E-state index contributed by atoms with van der Waals surface area (Å²) >= 11 is 5.92. The molecule has 0 fully saturated rings. The molecule has 15 heavy (non-hydrogen) atoms. The fourth-order valence-corrected chi connectivity index (χ4v) is 1.46. The molecule has 1 atom stereocenters. The molecule has 0 radical (unpaired) electrons. The maximum atomic E-state index is 11.8. The van der Waals surface area contributed by atoms with Crippen LogP contribution in [-0.4, -0.2) is 26.0 Å². The summed E-state index contributed by atoms with van der Waals surface area (Å²) in [6.07, 6.45) is 0. The normalized spacial score (nSPS) is 12.3. The molecule has 1 N–H and O–H groups in total. The van der Waals surface area contributed by atoms with Gasteiger partial charge < -0.3 is 10.1 Å². The molecule has 0 amide bonds. The van der Waals surface area contributed by atoms with Crippen LogP contribution in [0.4, 0.5) is 0 Å². The third-order valence-corrected chi connectivity index (χ3v) is 2.56. The van der Waals surface area contributed by atoms with E-state index in [0.29, 0.717) is 16.3 Å². The molecule has 3 nitrogen and oxygen atoms in total. The van der Waals surface area contributed by atoms with Crippen LogP contribution >= 0.6 is 11.6 Å². The first-order valence-corrected chi connectivity index (χ1v) is 5.03. The standard InChI is InChI=1S/C11H14ClNO2/c1-7(13-2)11(14)8-4-5-10(15-3)9(12)6-8/h4-7,13H,1-3H3. The maximum absolute atomic E-state index is 11.8. The van der Waals surface area contributed by atoms with Crippen molar-refractivity contribution in [2.24, 2.45) is 0 Å². The third-order valence-electron chi connectivity index (χ3n) is 2.26. The molecule has 0 spiro atoms. The molecular formula is C11H14ClNO2. The van der Waals surface area contributed by atoms with Crippen molar-refractivity contribution in [3.63, 3.8) is 0 Å². The number of rotatable bonds is 4. The molecular weight excluding hydrogens is 214 g/mol. The highest BCUT2D eigenvalue weighted by molar-refractivity contribution is 6.32. The highest BCUT2D eigenvalue weighted by atomic mass is 35.5. The fourth-order valence-electron chi connectivity index (χ4n) is 1.20. The van der Waals surface area contributed by atoms with Gasteiger partial charge in [0.05, 0.1) is 18.2 Å². The van der Waals surface area contributed by atoms with E-state index < -0.39 is 0 Å². The van der Waals surface area contributed by atoms with Gasteiger partial charge in [-0.15, -0.1) is 0 Å². The van der Waals surface area contributed by atoms with Crippen LogP contribution in [-0.2, 0) is 0 Å². The average molecular weight is 228 g/mol. The van der Waals surface area contributed by atoms with Crippen molar-refractivity contribution in [1.29, 1.82) is 0 Å². The lowest BCUT2D eigenvalue weighted by atomic mass is 10.1. The summed E-state index contributed by atoms with van der Waals surface area (Å²) in [6, 6.07) is 4.81. The number of carbonyl (C=O) groups is 1. The second-order valence-electron chi connectivity index (χ2n) is 3.22. The van der Waals surface area contributed by atoms with Gasteiger partial charge in [0.15, 0.2) is 5.78 Å². The number of hydrogen-bond acceptors (Lipinski definition) is 3. The molecule has 1 aromatic rings. The predicted octanol–water partition coefficient (Wildman–Crippen LogP) is 2.14. The molecule has 0 aliphatic rings. The number of ketones is 1. The zero-order chi connectivity index (χ0) is 11.4. The Balaban J connectivity index is 2.97. The quantitative estimate of drug-likeness (QED) is 0.801. The van der Waals surface area contributed by atoms with E-state index in [1.807, 2.05) is 0 Å². The van der Waals surface area contributed by atoms with E-state index in [1.54, 1.807) is 39.3 Å². The van der Waals surface area contributed by atoms with Crippen molar-refractivity contribution in [3.8, 4) is 5.75 Å². The van der Waals surface area contributed by atoms with E-state index in [2.05, 4.69) is 5.32 Å². The number of nitrogens with one attached hydrogen (secondary N) is 1. The number of Topliss-reactive ketones (excluding diaryl/α,β-unsaturated/α-hetero) is 1. The van der Waals surface area contributed by atoms with Gasteiger partial charge in [-0.05, 0) is 32.2 Å². The molecule has 0 bridgehead atoms. The molecule has 0 aliphatic heterocycles. The van der Waals surface area contributed by atoms with Crippen LogP contribution in [0.1, 0.15) is 17.3 Å². The number of hydrogen-bond donors (Lipinski definition) is 1. The molecule has 1 rings (SSSR count). The smallest absolute Gasteiger partial charge is 0.179 e. The number of halogens is 1. The van der Waals surface area contributed by atoms with E-state index in [0.717, 1.165) is 0 Å². The molecule has 0 aromatic heterocycles. The van der Waals surface area contributed by atoms with E-state index in [9.17, 15) is 4.79 Å². The Morgan fingerprint density at radius 2 is 2.20 bits per heavy atom. The van der Waals surface area contributed by atoms with Crippen LogP contribution in [0.2, 0.25) is 5.02 Å². The van der Waals surface area contributed by atoms with Gasteiger partial charge in [0.2, 0.25) is 0 Å². The molecule has 0 saturated heterocycles. The molecule has 1 unspecified atom stereocenters. The van der Waals surface area contributed by atoms with Crippen molar-refractivity contribution in [2.45, 2.75) is 13.0 Å². The number of carbonyl (C=O) groups excluding carboxylic acids is 1. The zero-order valence-corrected chi connectivity index (χ0v) is 9.76. The van der Waals surface area contributed by atoms with E-state index >= 15 is 0 Å². The number of ether oxygens (including phenoxy) is 1. The van der Waals surface area contributed by atoms with Gasteiger partial charge in [-0.25, -0.2) is 0 Å². The summed E-state index contributed by atoms with van der Waals surface area (Å²) in [5.74, 6) is 0.590. The van der Waals surface area contributed by atoms with Gasteiger partial charge in [-0.1, -0.05) is 11.6 Å². The zero-order valence-electron chi connectivity index (χ0n) is 9.00. The lowest BCUT2D eigenvalue weighted by Gasteiger charge is -2.10. The molecule has 1 aromatic carbocycles. The van der Waals surface area contributed by atoms with Crippen molar-refractivity contribution in [3.05, 3.63) is 28.8 Å². The second kappa shape index (κ2) is 5.14. The molecule has 0 aliphatic carbocycles. The van der Waals surface area contributed by atoms with E-state index in [1.165, 1.54) is 0 Å². The minimum absolute atomic E-state index is 0.0158. The monoisotopic (exact) mass is 227 g/mol. The van der Waals surface area contributed by atoms with Gasteiger partial charge in [-0.3, -0.25) is 4.79 Å². The SMILES string of the molecule is CNC(C)C(=O)c1ccc(OC)c(Cl)c1. The van der Waals surface area contributed by atoms with Crippen LogP contribution in [0.5, 0.6) is 5.75 Å². The van der Waals surface area contributed by atoms with Crippen LogP contribution in [0.15, 0.2) is 18.2 Å². The first kappa shape index (κ1) is 12.0. The Labute approximate surface area is 94.4 Å². The van der Waals surface area contributed by atoms with Crippen molar-refractivity contribution >= 4 is 17.4 Å². The summed E-state index contributed by atoms with van der Waals surface area (Å²) in [5.41, 5.74) is 0.586. The summed E-state index contributed by atoms with van der Waals surface area (Å²) in [4.78, 5) is 11.8. The molecule has 0 saturated carbocycles. The van der Waals surface area contributed by atoms with Crippen LogP contribution < -0.4 is 10.1 Å².